The summed E-state index contributed by atoms with van der Waals surface area (Å²) < 4.78 is 7.18. The SMILES string of the molecule is CCCc1nc(CO)c2cc(OC)ccn12. The van der Waals surface area contributed by atoms with Crippen LogP contribution in [0.5, 0.6) is 5.75 Å². The van der Waals surface area contributed by atoms with Crippen molar-refractivity contribution in [3.05, 3.63) is 29.8 Å². The number of imidazole rings is 1. The normalized spacial score (nSPS) is 10.9. The van der Waals surface area contributed by atoms with E-state index in [1.165, 1.54) is 0 Å². The maximum Gasteiger partial charge on any atom is 0.122 e. The van der Waals surface area contributed by atoms with Crippen LogP contribution in [0.2, 0.25) is 0 Å². The van der Waals surface area contributed by atoms with Crippen LogP contribution in [-0.4, -0.2) is 21.6 Å². The maximum absolute atomic E-state index is 9.26. The summed E-state index contributed by atoms with van der Waals surface area (Å²) in [6.07, 6.45) is 3.88. The molecule has 0 aliphatic rings. The molecule has 0 spiro atoms. The summed E-state index contributed by atoms with van der Waals surface area (Å²) in [6.45, 7) is 2.07. The Kier molecular flexibility index (Phi) is 3.10. The van der Waals surface area contributed by atoms with Crippen LogP contribution in [0.1, 0.15) is 24.9 Å². The van der Waals surface area contributed by atoms with Gasteiger partial charge in [-0.05, 0) is 12.5 Å². The van der Waals surface area contributed by atoms with E-state index < -0.39 is 0 Å². The van der Waals surface area contributed by atoms with Crippen molar-refractivity contribution < 1.29 is 9.84 Å². The Bertz CT molecular complexity index is 491. The van der Waals surface area contributed by atoms with E-state index in [1.54, 1.807) is 7.11 Å². The van der Waals surface area contributed by atoms with Gasteiger partial charge in [0.15, 0.2) is 0 Å². The number of hydrogen-bond acceptors (Lipinski definition) is 3. The Morgan fingerprint density at radius 2 is 2.31 bits per heavy atom. The van der Waals surface area contributed by atoms with Crippen LogP contribution in [0.3, 0.4) is 0 Å². The van der Waals surface area contributed by atoms with Crippen LogP contribution in [0.25, 0.3) is 5.52 Å². The molecule has 0 amide bonds. The second-order valence-electron chi connectivity index (χ2n) is 3.70. The van der Waals surface area contributed by atoms with Gasteiger partial charge in [0.05, 0.1) is 24.9 Å². The minimum atomic E-state index is -0.0413. The molecule has 0 aliphatic carbocycles. The van der Waals surface area contributed by atoms with Crippen molar-refractivity contribution in [3.8, 4) is 5.75 Å². The second kappa shape index (κ2) is 4.53. The van der Waals surface area contributed by atoms with Crippen LogP contribution in [0, 0.1) is 0 Å². The van der Waals surface area contributed by atoms with Gasteiger partial charge in [0.2, 0.25) is 0 Å². The number of nitrogens with zero attached hydrogens (tertiary/aromatic N) is 2. The molecule has 0 saturated carbocycles. The average molecular weight is 220 g/mol. The fourth-order valence-electron chi connectivity index (χ4n) is 1.84. The van der Waals surface area contributed by atoms with Crippen LogP contribution in [-0.2, 0) is 13.0 Å². The zero-order valence-electron chi connectivity index (χ0n) is 9.60. The Morgan fingerprint density at radius 3 is 2.94 bits per heavy atom. The van der Waals surface area contributed by atoms with Crippen molar-refractivity contribution in [3.63, 3.8) is 0 Å². The number of hydrogen-bond donors (Lipinski definition) is 1. The molecule has 0 aromatic carbocycles. The standard InChI is InChI=1S/C12H16N2O2/c1-3-4-12-13-10(8-15)11-7-9(16-2)5-6-14(11)12/h5-7,15H,3-4,8H2,1-2H3. The highest BCUT2D eigenvalue weighted by molar-refractivity contribution is 5.56. The molecule has 2 aromatic heterocycles. The predicted molar refractivity (Wildman–Crippen MR) is 61.7 cm³/mol. The van der Waals surface area contributed by atoms with E-state index in [9.17, 15) is 5.11 Å². The molecule has 0 saturated heterocycles. The zero-order valence-corrected chi connectivity index (χ0v) is 9.60. The van der Waals surface area contributed by atoms with E-state index in [2.05, 4.69) is 11.9 Å². The summed E-state index contributed by atoms with van der Waals surface area (Å²) in [6, 6.07) is 3.80. The second-order valence-corrected chi connectivity index (χ2v) is 3.70. The van der Waals surface area contributed by atoms with Crippen molar-refractivity contribution in [2.45, 2.75) is 26.4 Å². The van der Waals surface area contributed by atoms with Gasteiger partial charge in [-0.2, -0.15) is 0 Å². The number of aryl methyl sites for hydroxylation is 1. The van der Waals surface area contributed by atoms with Gasteiger partial charge >= 0.3 is 0 Å². The molecule has 0 aliphatic heterocycles. The average Bonchev–Trinajstić information content (AvgIpc) is 2.67. The topological polar surface area (TPSA) is 46.8 Å². The van der Waals surface area contributed by atoms with Gasteiger partial charge in [-0.1, -0.05) is 6.92 Å². The minimum Gasteiger partial charge on any atom is -0.497 e. The third-order valence-electron chi connectivity index (χ3n) is 2.62. The highest BCUT2D eigenvalue weighted by atomic mass is 16.5. The number of methoxy groups -OCH3 is 1. The van der Waals surface area contributed by atoms with Gasteiger partial charge in [-0.3, -0.25) is 0 Å². The predicted octanol–water partition coefficient (Wildman–Crippen LogP) is 1.79. The number of aliphatic hydroxyl groups is 1. The molecule has 0 unspecified atom stereocenters. The van der Waals surface area contributed by atoms with Gasteiger partial charge in [0, 0.05) is 18.7 Å². The van der Waals surface area contributed by atoms with E-state index in [0.717, 1.165) is 29.9 Å². The molecule has 2 heterocycles. The highest BCUT2D eigenvalue weighted by Gasteiger charge is 2.10. The molecule has 4 nitrogen and oxygen atoms in total. The smallest absolute Gasteiger partial charge is 0.122 e. The molecule has 2 rings (SSSR count). The zero-order chi connectivity index (χ0) is 11.5. The molecule has 16 heavy (non-hydrogen) atoms. The van der Waals surface area contributed by atoms with Crippen molar-refractivity contribution >= 4 is 5.52 Å². The quantitative estimate of drug-likeness (QED) is 0.854. The number of pyridine rings is 1. The van der Waals surface area contributed by atoms with Crippen LogP contribution >= 0.6 is 0 Å². The summed E-state index contributed by atoms with van der Waals surface area (Å²) in [5.74, 6) is 1.77. The van der Waals surface area contributed by atoms with Crippen molar-refractivity contribution in [1.29, 1.82) is 0 Å². The summed E-state index contributed by atoms with van der Waals surface area (Å²) in [5.41, 5.74) is 1.63. The van der Waals surface area contributed by atoms with Gasteiger partial charge in [0.1, 0.15) is 11.6 Å². The number of rotatable bonds is 4. The molecule has 0 bridgehead atoms. The molecule has 2 aromatic rings. The first-order valence-corrected chi connectivity index (χ1v) is 5.44. The molecular weight excluding hydrogens is 204 g/mol. The Labute approximate surface area is 94.5 Å². The Hall–Kier alpha value is -1.55. The molecular formula is C12H16N2O2. The van der Waals surface area contributed by atoms with E-state index in [1.807, 2.05) is 22.7 Å². The molecule has 0 fully saturated rings. The monoisotopic (exact) mass is 220 g/mol. The van der Waals surface area contributed by atoms with Crippen LogP contribution in [0.15, 0.2) is 18.3 Å². The molecule has 0 radical (unpaired) electrons. The van der Waals surface area contributed by atoms with Gasteiger partial charge in [-0.25, -0.2) is 4.98 Å². The number of aromatic nitrogens is 2. The fourth-order valence-corrected chi connectivity index (χ4v) is 1.84. The fraction of sp³-hybridized carbons (Fsp3) is 0.417. The molecule has 4 heteroatoms. The maximum atomic E-state index is 9.26. The third kappa shape index (κ3) is 1.76. The lowest BCUT2D eigenvalue weighted by Crippen LogP contribution is -1.94. The first kappa shape index (κ1) is 11.0. The Balaban J connectivity index is 2.59. The first-order valence-electron chi connectivity index (χ1n) is 5.44. The lowest BCUT2D eigenvalue weighted by Gasteiger charge is -2.02. The van der Waals surface area contributed by atoms with Gasteiger partial charge < -0.3 is 14.2 Å². The molecule has 1 N–H and O–H groups in total. The van der Waals surface area contributed by atoms with Crippen molar-refractivity contribution in [1.82, 2.24) is 9.38 Å². The van der Waals surface area contributed by atoms with Crippen LogP contribution < -0.4 is 4.74 Å². The molecule has 0 atom stereocenters. The lowest BCUT2D eigenvalue weighted by molar-refractivity contribution is 0.278. The minimum absolute atomic E-state index is 0.0413. The van der Waals surface area contributed by atoms with Crippen molar-refractivity contribution in [2.24, 2.45) is 0 Å². The first-order chi connectivity index (χ1) is 7.80. The van der Waals surface area contributed by atoms with Gasteiger partial charge in [0.25, 0.3) is 0 Å². The van der Waals surface area contributed by atoms with E-state index in [0.29, 0.717) is 5.69 Å². The molecule has 86 valence electrons. The summed E-state index contributed by atoms with van der Waals surface area (Å²) in [7, 11) is 1.63. The largest absolute Gasteiger partial charge is 0.497 e. The summed E-state index contributed by atoms with van der Waals surface area (Å²) in [4.78, 5) is 4.43. The van der Waals surface area contributed by atoms with E-state index in [-0.39, 0.29) is 6.61 Å². The number of aliphatic hydroxyl groups excluding tert-OH is 1. The van der Waals surface area contributed by atoms with Gasteiger partial charge in [-0.15, -0.1) is 0 Å². The Morgan fingerprint density at radius 1 is 1.50 bits per heavy atom. The van der Waals surface area contributed by atoms with E-state index >= 15 is 0 Å². The van der Waals surface area contributed by atoms with Crippen LogP contribution in [0.4, 0.5) is 0 Å². The lowest BCUT2D eigenvalue weighted by atomic mass is 10.3. The summed E-state index contributed by atoms with van der Waals surface area (Å²) in [5, 5.41) is 9.26. The van der Waals surface area contributed by atoms with E-state index in [4.69, 9.17) is 4.74 Å². The number of ether oxygens (including phenoxy) is 1. The van der Waals surface area contributed by atoms with Crippen molar-refractivity contribution in [2.75, 3.05) is 7.11 Å². The number of fused-ring (bicyclic) bond motifs is 1. The highest BCUT2D eigenvalue weighted by Crippen LogP contribution is 2.20. The summed E-state index contributed by atoms with van der Waals surface area (Å²) >= 11 is 0. The third-order valence-corrected chi connectivity index (χ3v) is 2.62.